The van der Waals surface area contributed by atoms with Crippen LogP contribution in [0.5, 0.6) is 0 Å². The van der Waals surface area contributed by atoms with E-state index in [1.54, 1.807) is 0 Å². The van der Waals surface area contributed by atoms with E-state index in [0.717, 1.165) is 5.56 Å². The predicted molar refractivity (Wildman–Crippen MR) is 81.9 cm³/mol. The standard InChI is InChI=1S/C16H20ClNO3/c1-12(17)11-21-16(20)15(13-5-3-2-4-6-13)18-9-7-14(19)8-10-18/h2-6,14-15,19H,1,7-11H2/t15-/m0/s1. The average Bonchev–Trinajstić information content (AvgIpc) is 2.48. The van der Waals surface area contributed by atoms with E-state index in [0.29, 0.717) is 31.0 Å². The van der Waals surface area contributed by atoms with Gasteiger partial charge in [0.05, 0.1) is 6.10 Å². The molecule has 4 nitrogen and oxygen atoms in total. The highest BCUT2D eigenvalue weighted by Crippen LogP contribution is 2.26. The summed E-state index contributed by atoms with van der Waals surface area (Å²) in [5, 5.41) is 9.92. The fourth-order valence-electron chi connectivity index (χ4n) is 2.50. The lowest BCUT2D eigenvalue weighted by Gasteiger charge is -2.35. The summed E-state index contributed by atoms with van der Waals surface area (Å²) in [6, 6.07) is 9.06. The topological polar surface area (TPSA) is 49.8 Å². The highest BCUT2D eigenvalue weighted by Gasteiger charge is 2.31. The van der Waals surface area contributed by atoms with Crippen LogP contribution >= 0.6 is 11.6 Å². The first-order chi connectivity index (χ1) is 10.1. The zero-order chi connectivity index (χ0) is 15.2. The molecule has 0 spiro atoms. The van der Waals surface area contributed by atoms with Crippen LogP contribution in [0.15, 0.2) is 41.9 Å². The van der Waals surface area contributed by atoms with Crippen molar-refractivity contribution in [3.8, 4) is 0 Å². The maximum atomic E-state index is 12.4. The van der Waals surface area contributed by atoms with Crippen molar-refractivity contribution in [1.29, 1.82) is 0 Å². The van der Waals surface area contributed by atoms with Crippen molar-refractivity contribution < 1.29 is 14.6 Å². The van der Waals surface area contributed by atoms with E-state index in [4.69, 9.17) is 16.3 Å². The fraction of sp³-hybridized carbons (Fsp3) is 0.438. The first kappa shape index (κ1) is 16.0. The molecule has 1 atom stereocenters. The number of nitrogens with zero attached hydrogens (tertiary/aromatic N) is 1. The summed E-state index contributed by atoms with van der Waals surface area (Å²) >= 11 is 5.66. The Hall–Kier alpha value is -1.36. The molecule has 1 saturated heterocycles. The van der Waals surface area contributed by atoms with Gasteiger partial charge in [0, 0.05) is 18.1 Å². The molecule has 0 aromatic heterocycles. The molecule has 2 rings (SSSR count). The molecule has 1 aromatic carbocycles. The van der Waals surface area contributed by atoms with E-state index in [-0.39, 0.29) is 18.7 Å². The molecule has 5 heteroatoms. The Bertz CT molecular complexity index is 484. The highest BCUT2D eigenvalue weighted by atomic mass is 35.5. The monoisotopic (exact) mass is 309 g/mol. The number of ether oxygens (including phenoxy) is 1. The van der Waals surface area contributed by atoms with Crippen molar-refractivity contribution in [2.45, 2.75) is 25.0 Å². The summed E-state index contributed by atoms with van der Waals surface area (Å²) < 4.78 is 5.23. The molecule has 1 aliphatic heterocycles. The van der Waals surface area contributed by atoms with Gasteiger partial charge in [-0.05, 0) is 18.4 Å². The molecule has 0 unspecified atom stereocenters. The quantitative estimate of drug-likeness (QED) is 0.849. The highest BCUT2D eigenvalue weighted by molar-refractivity contribution is 6.29. The van der Waals surface area contributed by atoms with Crippen LogP contribution in [0.3, 0.4) is 0 Å². The molecule has 1 aliphatic rings. The number of esters is 1. The van der Waals surface area contributed by atoms with Crippen LogP contribution in [0.25, 0.3) is 0 Å². The second-order valence-corrected chi connectivity index (χ2v) is 5.74. The van der Waals surface area contributed by atoms with Gasteiger partial charge in [-0.1, -0.05) is 48.5 Å². The van der Waals surface area contributed by atoms with Gasteiger partial charge in [-0.2, -0.15) is 0 Å². The van der Waals surface area contributed by atoms with E-state index >= 15 is 0 Å². The molecule has 0 saturated carbocycles. The van der Waals surface area contributed by atoms with Crippen LogP contribution in [0.4, 0.5) is 0 Å². The van der Waals surface area contributed by atoms with Crippen LogP contribution in [0.2, 0.25) is 0 Å². The molecule has 114 valence electrons. The molecule has 1 N–H and O–H groups in total. The number of carbonyl (C=O) groups is 1. The second kappa shape index (κ2) is 7.59. The zero-order valence-corrected chi connectivity index (χ0v) is 12.6. The van der Waals surface area contributed by atoms with Gasteiger partial charge in [0.15, 0.2) is 0 Å². The minimum atomic E-state index is -0.463. The molecule has 21 heavy (non-hydrogen) atoms. The third-order valence-electron chi connectivity index (χ3n) is 3.57. The Balaban J connectivity index is 2.14. The number of halogens is 1. The third-order valence-corrected chi connectivity index (χ3v) is 3.68. The molecule has 1 fully saturated rings. The third kappa shape index (κ3) is 4.56. The number of aliphatic hydroxyl groups excluding tert-OH is 1. The first-order valence-electron chi connectivity index (χ1n) is 7.05. The van der Waals surface area contributed by atoms with Gasteiger partial charge in [-0.25, -0.2) is 4.79 Å². The smallest absolute Gasteiger partial charge is 0.328 e. The van der Waals surface area contributed by atoms with E-state index in [1.807, 2.05) is 35.2 Å². The molecule has 0 aliphatic carbocycles. The Morgan fingerprint density at radius 2 is 2.00 bits per heavy atom. The van der Waals surface area contributed by atoms with Crippen LogP contribution in [0.1, 0.15) is 24.4 Å². The summed E-state index contributed by atoms with van der Waals surface area (Å²) in [5.74, 6) is -0.334. The van der Waals surface area contributed by atoms with E-state index in [2.05, 4.69) is 6.58 Å². The SMILES string of the molecule is C=C(Cl)COC(=O)[C@H](c1ccccc1)N1CCC(O)CC1. The number of hydrogen-bond donors (Lipinski definition) is 1. The van der Waals surface area contributed by atoms with Crippen LogP contribution in [-0.4, -0.2) is 41.8 Å². The summed E-state index contributed by atoms with van der Waals surface area (Å²) in [6.07, 6.45) is 1.05. The molecular weight excluding hydrogens is 290 g/mol. The number of rotatable bonds is 5. The lowest BCUT2D eigenvalue weighted by molar-refractivity contribution is -0.150. The number of aliphatic hydroxyl groups is 1. The Morgan fingerprint density at radius 3 is 2.57 bits per heavy atom. The normalized spacial score (nSPS) is 18.2. The average molecular weight is 310 g/mol. The van der Waals surface area contributed by atoms with Crippen molar-refractivity contribution >= 4 is 17.6 Å². The number of piperidine rings is 1. The van der Waals surface area contributed by atoms with Gasteiger partial charge in [-0.3, -0.25) is 4.90 Å². The minimum Gasteiger partial charge on any atom is -0.458 e. The molecule has 0 radical (unpaired) electrons. The number of benzene rings is 1. The van der Waals surface area contributed by atoms with E-state index in [9.17, 15) is 9.90 Å². The van der Waals surface area contributed by atoms with Gasteiger partial charge in [0.25, 0.3) is 0 Å². The van der Waals surface area contributed by atoms with Gasteiger partial charge in [0.2, 0.25) is 0 Å². The van der Waals surface area contributed by atoms with Crippen molar-refractivity contribution in [3.63, 3.8) is 0 Å². The maximum absolute atomic E-state index is 12.4. The molecule has 1 heterocycles. The Kier molecular flexibility index (Phi) is 5.79. The zero-order valence-electron chi connectivity index (χ0n) is 11.9. The minimum absolute atomic E-state index is 0.0141. The maximum Gasteiger partial charge on any atom is 0.328 e. The van der Waals surface area contributed by atoms with Crippen molar-refractivity contribution in [2.75, 3.05) is 19.7 Å². The first-order valence-corrected chi connectivity index (χ1v) is 7.42. The lowest BCUT2D eigenvalue weighted by Crippen LogP contribution is -2.42. The predicted octanol–water partition coefficient (Wildman–Crippen LogP) is 2.48. The van der Waals surface area contributed by atoms with Crippen LogP contribution < -0.4 is 0 Å². The Morgan fingerprint density at radius 1 is 1.38 bits per heavy atom. The summed E-state index contributed by atoms with van der Waals surface area (Å²) in [7, 11) is 0. The summed E-state index contributed by atoms with van der Waals surface area (Å²) in [5.41, 5.74) is 0.888. The number of hydrogen-bond acceptors (Lipinski definition) is 4. The van der Waals surface area contributed by atoms with Gasteiger partial charge >= 0.3 is 5.97 Å². The summed E-state index contributed by atoms with van der Waals surface area (Å²) in [4.78, 5) is 14.4. The largest absolute Gasteiger partial charge is 0.458 e. The molecule has 1 aromatic rings. The van der Waals surface area contributed by atoms with Crippen molar-refractivity contribution in [3.05, 3.63) is 47.5 Å². The van der Waals surface area contributed by atoms with E-state index < -0.39 is 6.04 Å². The van der Waals surface area contributed by atoms with Crippen molar-refractivity contribution in [1.82, 2.24) is 4.90 Å². The Labute approximate surface area is 130 Å². The fourth-order valence-corrected chi connectivity index (χ4v) is 2.56. The van der Waals surface area contributed by atoms with Crippen LogP contribution in [-0.2, 0) is 9.53 Å². The van der Waals surface area contributed by atoms with Gasteiger partial charge < -0.3 is 9.84 Å². The lowest BCUT2D eigenvalue weighted by atomic mass is 10.0. The van der Waals surface area contributed by atoms with Gasteiger partial charge in [0.1, 0.15) is 12.6 Å². The molecule has 0 bridgehead atoms. The van der Waals surface area contributed by atoms with E-state index in [1.165, 1.54) is 0 Å². The van der Waals surface area contributed by atoms with Crippen LogP contribution in [0, 0.1) is 0 Å². The molecule has 0 amide bonds. The summed E-state index contributed by atoms with van der Waals surface area (Å²) in [6.45, 7) is 4.87. The number of carbonyl (C=O) groups excluding carboxylic acids is 1. The number of likely N-dealkylation sites (tertiary alicyclic amines) is 1. The molecular formula is C16H20ClNO3. The van der Waals surface area contributed by atoms with Crippen molar-refractivity contribution in [2.24, 2.45) is 0 Å². The second-order valence-electron chi connectivity index (χ2n) is 5.21. The van der Waals surface area contributed by atoms with Gasteiger partial charge in [-0.15, -0.1) is 0 Å².